The van der Waals surface area contributed by atoms with E-state index in [0.29, 0.717) is 11.2 Å². The summed E-state index contributed by atoms with van der Waals surface area (Å²) >= 11 is 0. The van der Waals surface area contributed by atoms with Crippen LogP contribution < -0.4 is 5.73 Å². The standard InChI is InChI=1S/C9H10N4O2.H2/c1-13-4-11-6-3-5(10)7(9(14)15-2)12-8(6)13;/h3-4H,10H2,1-2H3;1H. The summed E-state index contributed by atoms with van der Waals surface area (Å²) in [6.45, 7) is 0. The number of aromatic nitrogens is 3. The highest BCUT2D eigenvalue weighted by molar-refractivity contribution is 5.95. The first kappa shape index (κ1) is 9.45. The molecule has 0 unspecified atom stereocenters. The first-order valence-electron chi connectivity index (χ1n) is 4.29. The maximum absolute atomic E-state index is 11.3. The maximum Gasteiger partial charge on any atom is 0.358 e. The van der Waals surface area contributed by atoms with E-state index in [-0.39, 0.29) is 12.8 Å². The summed E-state index contributed by atoms with van der Waals surface area (Å²) in [5.74, 6) is -0.546. The number of fused-ring (bicyclic) bond motifs is 1. The smallest absolute Gasteiger partial charge is 0.358 e. The third kappa shape index (κ3) is 1.39. The number of aryl methyl sites for hydroxylation is 1. The highest BCUT2D eigenvalue weighted by Gasteiger charge is 2.14. The van der Waals surface area contributed by atoms with E-state index in [2.05, 4.69) is 14.7 Å². The molecule has 2 heterocycles. The number of hydrogen-bond acceptors (Lipinski definition) is 5. The lowest BCUT2D eigenvalue weighted by Gasteiger charge is -2.02. The van der Waals surface area contributed by atoms with Gasteiger partial charge in [0.1, 0.15) is 5.52 Å². The normalized spacial score (nSPS) is 10.5. The van der Waals surface area contributed by atoms with E-state index in [0.717, 1.165) is 0 Å². The molecule has 0 bridgehead atoms. The number of methoxy groups -OCH3 is 1. The van der Waals surface area contributed by atoms with Crippen LogP contribution in [0.4, 0.5) is 5.69 Å². The average molecular weight is 208 g/mol. The second-order valence-electron chi connectivity index (χ2n) is 3.12. The number of rotatable bonds is 1. The molecule has 0 aliphatic carbocycles. The van der Waals surface area contributed by atoms with Crippen molar-refractivity contribution < 1.29 is 11.0 Å². The Balaban J connectivity index is 0.00000128. The largest absolute Gasteiger partial charge is 0.464 e. The summed E-state index contributed by atoms with van der Waals surface area (Å²) in [6, 6.07) is 1.61. The van der Waals surface area contributed by atoms with Gasteiger partial charge in [0.2, 0.25) is 0 Å². The second-order valence-corrected chi connectivity index (χ2v) is 3.12. The van der Waals surface area contributed by atoms with Crippen LogP contribution in [-0.4, -0.2) is 27.6 Å². The molecule has 6 heteroatoms. The van der Waals surface area contributed by atoms with Gasteiger partial charge in [-0.3, -0.25) is 0 Å². The lowest BCUT2D eigenvalue weighted by molar-refractivity contribution is 0.0596. The van der Waals surface area contributed by atoms with Crippen molar-refractivity contribution in [3.8, 4) is 0 Å². The third-order valence-corrected chi connectivity index (χ3v) is 2.10. The van der Waals surface area contributed by atoms with E-state index >= 15 is 0 Å². The van der Waals surface area contributed by atoms with Crippen LogP contribution in [0.2, 0.25) is 0 Å². The van der Waals surface area contributed by atoms with Gasteiger partial charge in [0.15, 0.2) is 11.3 Å². The molecule has 0 radical (unpaired) electrons. The van der Waals surface area contributed by atoms with E-state index < -0.39 is 5.97 Å². The van der Waals surface area contributed by atoms with Gasteiger partial charge >= 0.3 is 5.97 Å². The second kappa shape index (κ2) is 3.23. The van der Waals surface area contributed by atoms with Gasteiger partial charge in [-0.05, 0) is 6.07 Å². The number of anilines is 1. The summed E-state index contributed by atoms with van der Waals surface area (Å²) in [5.41, 5.74) is 7.31. The first-order valence-corrected chi connectivity index (χ1v) is 4.29. The van der Waals surface area contributed by atoms with Crippen molar-refractivity contribution in [2.75, 3.05) is 12.8 Å². The van der Waals surface area contributed by atoms with Gasteiger partial charge in [-0.2, -0.15) is 0 Å². The highest BCUT2D eigenvalue weighted by Crippen LogP contribution is 2.17. The molecular weight excluding hydrogens is 196 g/mol. The van der Waals surface area contributed by atoms with Gasteiger partial charge in [0.25, 0.3) is 0 Å². The molecule has 2 rings (SSSR count). The number of esters is 1. The third-order valence-electron chi connectivity index (χ3n) is 2.10. The van der Waals surface area contributed by atoms with Crippen LogP contribution >= 0.6 is 0 Å². The SMILES string of the molecule is COC(=O)c1nc2c(cc1N)ncn2C.[HH]. The van der Waals surface area contributed by atoms with Crippen LogP contribution in [0.5, 0.6) is 0 Å². The predicted molar refractivity (Wildman–Crippen MR) is 56.4 cm³/mol. The number of nitrogens with zero attached hydrogens (tertiary/aromatic N) is 3. The van der Waals surface area contributed by atoms with Crippen molar-refractivity contribution in [1.29, 1.82) is 0 Å². The Kier molecular flexibility index (Phi) is 2.03. The number of ether oxygens (including phenoxy) is 1. The van der Waals surface area contributed by atoms with E-state index in [9.17, 15) is 4.79 Å². The van der Waals surface area contributed by atoms with Crippen molar-refractivity contribution in [2.24, 2.45) is 7.05 Å². The van der Waals surface area contributed by atoms with Gasteiger partial charge in [0.05, 0.1) is 19.1 Å². The van der Waals surface area contributed by atoms with Crippen LogP contribution in [0.3, 0.4) is 0 Å². The number of pyridine rings is 1. The van der Waals surface area contributed by atoms with E-state index in [1.54, 1.807) is 24.0 Å². The summed E-state index contributed by atoms with van der Waals surface area (Å²) in [4.78, 5) is 19.5. The summed E-state index contributed by atoms with van der Waals surface area (Å²) in [7, 11) is 3.08. The van der Waals surface area contributed by atoms with Gasteiger partial charge in [-0.15, -0.1) is 0 Å². The van der Waals surface area contributed by atoms with Crippen LogP contribution in [0.15, 0.2) is 12.4 Å². The van der Waals surface area contributed by atoms with E-state index in [1.807, 2.05) is 0 Å². The van der Waals surface area contributed by atoms with Gasteiger partial charge in [-0.1, -0.05) is 0 Å². The molecule has 0 aromatic carbocycles. The zero-order chi connectivity index (χ0) is 11.0. The molecule has 6 nitrogen and oxygen atoms in total. The number of carbonyl (C=O) groups excluding carboxylic acids is 1. The van der Waals surface area contributed by atoms with Crippen molar-refractivity contribution >= 4 is 22.8 Å². The molecule has 0 amide bonds. The average Bonchev–Trinajstić information content (AvgIpc) is 2.58. The van der Waals surface area contributed by atoms with Crippen LogP contribution in [0.25, 0.3) is 11.2 Å². The quantitative estimate of drug-likeness (QED) is 0.693. The molecule has 80 valence electrons. The Morgan fingerprint density at radius 2 is 2.40 bits per heavy atom. The van der Waals surface area contributed by atoms with Gasteiger partial charge < -0.3 is 15.0 Å². The minimum atomic E-state index is -0.546. The monoisotopic (exact) mass is 208 g/mol. The summed E-state index contributed by atoms with van der Waals surface area (Å²) in [6.07, 6.45) is 1.61. The lowest BCUT2D eigenvalue weighted by atomic mass is 10.3. The molecule has 0 aliphatic rings. The number of nitrogen functional groups attached to an aromatic ring is 1. The Labute approximate surface area is 87.2 Å². The van der Waals surface area contributed by atoms with Crippen molar-refractivity contribution in [3.05, 3.63) is 18.1 Å². The minimum absolute atomic E-state index is 0. The maximum atomic E-state index is 11.3. The Morgan fingerprint density at radius 1 is 1.67 bits per heavy atom. The lowest BCUT2D eigenvalue weighted by Crippen LogP contribution is -2.09. The molecular formula is C9H12N4O2. The van der Waals surface area contributed by atoms with Crippen molar-refractivity contribution in [1.82, 2.24) is 14.5 Å². The molecule has 0 saturated heterocycles. The zero-order valence-corrected chi connectivity index (χ0v) is 8.39. The molecule has 0 aliphatic heterocycles. The van der Waals surface area contributed by atoms with Gasteiger partial charge in [-0.25, -0.2) is 14.8 Å². The summed E-state index contributed by atoms with van der Waals surface area (Å²) in [5, 5.41) is 0. The van der Waals surface area contributed by atoms with Crippen molar-refractivity contribution in [2.45, 2.75) is 0 Å². The zero-order valence-electron chi connectivity index (χ0n) is 8.39. The number of imidazole rings is 1. The van der Waals surface area contributed by atoms with E-state index in [4.69, 9.17) is 5.73 Å². The highest BCUT2D eigenvalue weighted by atomic mass is 16.5. The number of nitrogens with two attached hydrogens (primary N) is 1. The Morgan fingerprint density at radius 3 is 3.07 bits per heavy atom. The Bertz CT molecular complexity index is 538. The molecule has 15 heavy (non-hydrogen) atoms. The van der Waals surface area contributed by atoms with Crippen LogP contribution in [-0.2, 0) is 11.8 Å². The number of carbonyl (C=O) groups is 1. The van der Waals surface area contributed by atoms with Crippen LogP contribution in [0.1, 0.15) is 11.9 Å². The molecule has 2 aromatic heterocycles. The molecule has 2 aromatic rings. The minimum Gasteiger partial charge on any atom is -0.464 e. The molecule has 0 atom stereocenters. The topological polar surface area (TPSA) is 83.0 Å². The predicted octanol–water partition coefficient (Wildman–Crippen LogP) is 0.583. The fourth-order valence-electron chi connectivity index (χ4n) is 1.33. The molecule has 2 N–H and O–H groups in total. The fraction of sp³-hybridized carbons (Fsp3) is 0.222. The summed E-state index contributed by atoms with van der Waals surface area (Å²) < 4.78 is 6.28. The molecule has 0 saturated carbocycles. The van der Waals surface area contributed by atoms with Crippen LogP contribution in [0, 0.1) is 0 Å². The Hall–Kier alpha value is -2.11. The van der Waals surface area contributed by atoms with Crippen molar-refractivity contribution in [3.63, 3.8) is 0 Å². The fourth-order valence-corrected chi connectivity index (χ4v) is 1.33. The first-order chi connectivity index (χ1) is 7.13. The van der Waals surface area contributed by atoms with E-state index in [1.165, 1.54) is 7.11 Å². The number of hydrogen-bond donors (Lipinski definition) is 1. The molecule has 0 fully saturated rings. The molecule has 0 spiro atoms. The van der Waals surface area contributed by atoms with Gasteiger partial charge in [0, 0.05) is 8.47 Å².